The Morgan fingerprint density at radius 2 is 1.88 bits per heavy atom. The molecule has 3 rings (SSSR count). The molecule has 0 amide bonds. The number of hydrazine groups is 1. The van der Waals surface area contributed by atoms with Crippen LogP contribution in [0.5, 0.6) is 0 Å². The summed E-state index contributed by atoms with van der Waals surface area (Å²) >= 11 is 0. The maximum absolute atomic E-state index is 12.3. The number of aromatic nitrogens is 4. The van der Waals surface area contributed by atoms with Crippen molar-refractivity contribution in [2.24, 2.45) is 0 Å². The van der Waals surface area contributed by atoms with E-state index >= 15 is 0 Å². The first kappa shape index (κ1) is 16.1. The number of nitrogens with zero attached hydrogens (tertiary/aromatic N) is 4. The molecule has 0 radical (unpaired) electrons. The number of anilines is 2. The highest BCUT2D eigenvalue weighted by Crippen LogP contribution is 2.10. The lowest BCUT2D eigenvalue weighted by molar-refractivity contribution is 0.0600. The number of carbonyl (C=O) groups excluding carboxylic acids is 1. The second-order valence-electron chi connectivity index (χ2n) is 4.81. The number of carbonyl (C=O) groups is 1. The number of rotatable bonds is 5. The van der Waals surface area contributed by atoms with Crippen LogP contribution in [0.1, 0.15) is 10.4 Å². The van der Waals surface area contributed by atoms with Crippen molar-refractivity contribution in [2.45, 2.75) is 0 Å². The fourth-order valence-corrected chi connectivity index (χ4v) is 2.05. The summed E-state index contributed by atoms with van der Waals surface area (Å²) in [6.45, 7) is 0. The summed E-state index contributed by atoms with van der Waals surface area (Å²) in [6.07, 6.45) is 2.69. The molecule has 126 valence electrons. The van der Waals surface area contributed by atoms with Crippen LogP contribution in [0.4, 0.5) is 11.6 Å². The van der Waals surface area contributed by atoms with Gasteiger partial charge in [0.05, 0.1) is 12.8 Å². The molecule has 0 aliphatic heterocycles. The Balaban J connectivity index is 1.86. The van der Waals surface area contributed by atoms with Gasteiger partial charge in [0.1, 0.15) is 11.9 Å². The van der Waals surface area contributed by atoms with E-state index in [1.54, 1.807) is 6.07 Å². The van der Waals surface area contributed by atoms with Gasteiger partial charge in [-0.15, -0.1) is 0 Å². The molecule has 0 bridgehead atoms. The number of hydrogen-bond donors (Lipinski definition) is 2. The lowest BCUT2D eigenvalue weighted by Crippen LogP contribution is -2.27. The molecule has 25 heavy (non-hydrogen) atoms. The SMILES string of the molecule is COC(=O)c1cccnc1-n1cnc(NNc2ccccc2)nc1=O. The molecule has 0 fully saturated rings. The second-order valence-corrected chi connectivity index (χ2v) is 4.81. The van der Waals surface area contributed by atoms with Gasteiger partial charge in [0, 0.05) is 6.20 Å². The number of pyridine rings is 1. The predicted octanol–water partition coefficient (Wildman–Crippen LogP) is 1.25. The molecule has 3 aromatic rings. The van der Waals surface area contributed by atoms with E-state index < -0.39 is 11.7 Å². The molecule has 9 heteroatoms. The van der Waals surface area contributed by atoms with Crippen LogP contribution < -0.4 is 16.5 Å². The highest BCUT2D eigenvalue weighted by atomic mass is 16.5. The van der Waals surface area contributed by atoms with Gasteiger partial charge in [0.25, 0.3) is 0 Å². The van der Waals surface area contributed by atoms with Crippen LogP contribution in [0.15, 0.2) is 59.8 Å². The lowest BCUT2D eigenvalue weighted by Gasteiger charge is -2.10. The first-order valence-electron chi connectivity index (χ1n) is 7.25. The predicted molar refractivity (Wildman–Crippen MR) is 90.5 cm³/mol. The normalized spacial score (nSPS) is 10.1. The van der Waals surface area contributed by atoms with Crippen molar-refractivity contribution in [3.63, 3.8) is 0 Å². The Morgan fingerprint density at radius 3 is 2.60 bits per heavy atom. The summed E-state index contributed by atoms with van der Waals surface area (Å²) in [5, 5.41) is 0. The number of benzene rings is 1. The van der Waals surface area contributed by atoms with Crippen molar-refractivity contribution >= 4 is 17.6 Å². The molecule has 0 saturated heterocycles. The van der Waals surface area contributed by atoms with Gasteiger partial charge < -0.3 is 4.74 Å². The van der Waals surface area contributed by atoms with Gasteiger partial charge in [-0.2, -0.15) is 4.98 Å². The summed E-state index contributed by atoms with van der Waals surface area (Å²) in [4.78, 5) is 36.0. The molecule has 9 nitrogen and oxygen atoms in total. The quantitative estimate of drug-likeness (QED) is 0.528. The minimum atomic E-state index is -0.642. The Kier molecular flexibility index (Phi) is 4.65. The largest absolute Gasteiger partial charge is 0.465 e. The molecular weight excluding hydrogens is 324 g/mol. The van der Waals surface area contributed by atoms with E-state index in [9.17, 15) is 9.59 Å². The van der Waals surface area contributed by atoms with Gasteiger partial charge in [-0.3, -0.25) is 10.9 Å². The van der Waals surface area contributed by atoms with E-state index in [1.165, 1.54) is 25.7 Å². The monoisotopic (exact) mass is 338 g/mol. The summed E-state index contributed by atoms with van der Waals surface area (Å²) < 4.78 is 5.76. The smallest absolute Gasteiger partial charge is 0.357 e. The number of esters is 1. The number of methoxy groups -OCH3 is 1. The third-order valence-electron chi connectivity index (χ3n) is 3.22. The van der Waals surface area contributed by atoms with E-state index in [1.807, 2.05) is 30.3 Å². The molecule has 0 aliphatic carbocycles. The van der Waals surface area contributed by atoms with Gasteiger partial charge in [0.15, 0.2) is 5.82 Å². The molecule has 0 saturated carbocycles. The Labute approximate surface area is 142 Å². The Bertz CT molecular complexity index is 942. The van der Waals surface area contributed by atoms with Crippen molar-refractivity contribution in [2.75, 3.05) is 18.0 Å². The Hall–Kier alpha value is -3.75. The molecule has 1 aromatic carbocycles. The van der Waals surface area contributed by atoms with Crippen LogP contribution in [-0.2, 0) is 4.74 Å². The highest BCUT2D eigenvalue weighted by molar-refractivity contribution is 5.92. The number of nitrogens with one attached hydrogen (secondary N) is 2. The van der Waals surface area contributed by atoms with Crippen molar-refractivity contribution in [3.8, 4) is 5.82 Å². The van der Waals surface area contributed by atoms with E-state index in [0.29, 0.717) is 0 Å². The maximum atomic E-state index is 12.3. The molecule has 2 aromatic heterocycles. The molecule has 0 aliphatic rings. The van der Waals surface area contributed by atoms with Crippen molar-refractivity contribution in [3.05, 3.63) is 71.0 Å². The van der Waals surface area contributed by atoms with Crippen LogP contribution in [-0.4, -0.2) is 32.6 Å². The van der Waals surface area contributed by atoms with Gasteiger partial charge in [-0.05, 0) is 24.3 Å². The van der Waals surface area contributed by atoms with E-state index in [2.05, 4.69) is 25.8 Å². The van der Waals surface area contributed by atoms with E-state index in [4.69, 9.17) is 4.74 Å². The summed E-state index contributed by atoms with van der Waals surface area (Å²) in [7, 11) is 1.25. The third kappa shape index (κ3) is 3.61. The van der Waals surface area contributed by atoms with Crippen molar-refractivity contribution in [1.29, 1.82) is 0 Å². The first-order valence-corrected chi connectivity index (χ1v) is 7.25. The van der Waals surface area contributed by atoms with Gasteiger partial charge >= 0.3 is 11.7 Å². The second kappa shape index (κ2) is 7.21. The molecule has 2 N–H and O–H groups in total. The minimum absolute atomic E-state index is 0.0839. The zero-order chi connectivity index (χ0) is 17.6. The fourth-order valence-electron chi connectivity index (χ4n) is 2.05. The van der Waals surface area contributed by atoms with Gasteiger partial charge in [-0.1, -0.05) is 18.2 Å². The lowest BCUT2D eigenvalue weighted by atomic mass is 10.2. The fraction of sp³-hybridized carbons (Fsp3) is 0.0625. The van der Waals surface area contributed by atoms with Crippen LogP contribution in [0, 0.1) is 0 Å². The first-order chi connectivity index (χ1) is 12.2. The summed E-state index contributed by atoms with van der Waals surface area (Å²) in [5.74, 6) is -0.425. The zero-order valence-corrected chi connectivity index (χ0v) is 13.2. The van der Waals surface area contributed by atoms with Crippen LogP contribution in [0.3, 0.4) is 0 Å². The molecule has 0 atom stereocenters. The number of ether oxygens (including phenoxy) is 1. The van der Waals surface area contributed by atoms with Crippen LogP contribution >= 0.6 is 0 Å². The van der Waals surface area contributed by atoms with E-state index in [0.717, 1.165) is 10.3 Å². The van der Waals surface area contributed by atoms with Crippen LogP contribution in [0.25, 0.3) is 5.82 Å². The minimum Gasteiger partial charge on any atom is -0.465 e. The number of hydrogen-bond acceptors (Lipinski definition) is 8. The zero-order valence-electron chi connectivity index (χ0n) is 13.2. The van der Waals surface area contributed by atoms with E-state index in [-0.39, 0.29) is 17.3 Å². The average molecular weight is 338 g/mol. The highest BCUT2D eigenvalue weighted by Gasteiger charge is 2.16. The average Bonchev–Trinajstić information content (AvgIpc) is 2.67. The van der Waals surface area contributed by atoms with Gasteiger partial charge in [-0.25, -0.2) is 24.1 Å². The Morgan fingerprint density at radius 1 is 1.08 bits per heavy atom. The van der Waals surface area contributed by atoms with Crippen molar-refractivity contribution < 1.29 is 9.53 Å². The topological polar surface area (TPSA) is 111 Å². The number of para-hydroxylation sites is 1. The molecule has 0 unspecified atom stereocenters. The maximum Gasteiger partial charge on any atom is 0.357 e. The third-order valence-corrected chi connectivity index (χ3v) is 3.22. The van der Waals surface area contributed by atoms with Crippen molar-refractivity contribution in [1.82, 2.24) is 19.5 Å². The standard InChI is InChI=1S/C16H14N6O3/c1-25-14(23)12-8-5-9-17-13(12)22-10-18-15(19-16(22)24)21-20-11-6-3-2-4-7-11/h2-10,20H,1H3,(H,19,21,24). The molecule has 0 spiro atoms. The molecular formula is C16H14N6O3. The summed E-state index contributed by atoms with van der Waals surface area (Å²) in [5.41, 5.74) is 5.89. The molecule has 2 heterocycles. The van der Waals surface area contributed by atoms with Gasteiger partial charge in [0.2, 0.25) is 5.95 Å². The van der Waals surface area contributed by atoms with Crippen LogP contribution in [0.2, 0.25) is 0 Å². The summed E-state index contributed by atoms with van der Waals surface area (Å²) in [6, 6.07) is 12.4.